The van der Waals surface area contributed by atoms with E-state index in [1.165, 1.54) is 24.8 Å². The number of hydrogen-bond donors (Lipinski definition) is 1. The van der Waals surface area contributed by atoms with Gasteiger partial charge in [0.2, 0.25) is 0 Å². The molecule has 0 atom stereocenters. The second-order valence-corrected chi connectivity index (χ2v) is 6.78. The second kappa shape index (κ2) is 7.14. The number of aromatic hydroxyl groups is 1. The number of benzene rings is 1. The lowest BCUT2D eigenvalue weighted by atomic mass is 10.0. The van der Waals surface area contributed by atoms with Crippen LogP contribution in [-0.4, -0.2) is 28.1 Å². The lowest BCUT2D eigenvalue weighted by Crippen LogP contribution is -2.29. The SMILES string of the molecule is CC(C)c1ccc(-c2nc(CN3CCCCC3)ccc2O)cc1. The van der Waals surface area contributed by atoms with Gasteiger partial charge in [-0.1, -0.05) is 44.5 Å². The van der Waals surface area contributed by atoms with Crippen LogP contribution in [-0.2, 0) is 6.54 Å². The first-order valence-corrected chi connectivity index (χ1v) is 8.65. The second-order valence-electron chi connectivity index (χ2n) is 6.78. The summed E-state index contributed by atoms with van der Waals surface area (Å²) >= 11 is 0. The molecule has 2 aromatic rings. The highest BCUT2D eigenvalue weighted by Crippen LogP contribution is 2.29. The quantitative estimate of drug-likeness (QED) is 0.899. The van der Waals surface area contributed by atoms with Crippen molar-refractivity contribution in [1.82, 2.24) is 9.88 Å². The third-order valence-corrected chi connectivity index (χ3v) is 4.62. The fourth-order valence-electron chi connectivity index (χ4n) is 3.17. The summed E-state index contributed by atoms with van der Waals surface area (Å²) in [4.78, 5) is 7.17. The van der Waals surface area contributed by atoms with Crippen LogP contribution in [0.2, 0.25) is 0 Å². The van der Waals surface area contributed by atoms with Crippen molar-refractivity contribution in [3.05, 3.63) is 47.7 Å². The summed E-state index contributed by atoms with van der Waals surface area (Å²) in [6, 6.07) is 12.1. The zero-order valence-electron chi connectivity index (χ0n) is 14.1. The van der Waals surface area contributed by atoms with Gasteiger partial charge in [0.05, 0.1) is 5.69 Å². The number of rotatable bonds is 4. The molecular weight excluding hydrogens is 284 g/mol. The van der Waals surface area contributed by atoms with Crippen LogP contribution in [0, 0.1) is 0 Å². The average molecular weight is 310 g/mol. The molecule has 0 amide bonds. The Morgan fingerprint density at radius 2 is 1.70 bits per heavy atom. The van der Waals surface area contributed by atoms with Crippen LogP contribution in [0.4, 0.5) is 0 Å². The van der Waals surface area contributed by atoms with Gasteiger partial charge >= 0.3 is 0 Å². The minimum atomic E-state index is 0.254. The third kappa shape index (κ3) is 3.91. The number of pyridine rings is 1. The van der Waals surface area contributed by atoms with Crippen molar-refractivity contribution in [2.24, 2.45) is 0 Å². The number of hydrogen-bond acceptors (Lipinski definition) is 3. The van der Waals surface area contributed by atoms with Crippen LogP contribution < -0.4 is 0 Å². The smallest absolute Gasteiger partial charge is 0.141 e. The van der Waals surface area contributed by atoms with E-state index in [0.717, 1.165) is 30.9 Å². The Hall–Kier alpha value is -1.87. The lowest BCUT2D eigenvalue weighted by Gasteiger charge is -2.26. The molecule has 1 aromatic carbocycles. The van der Waals surface area contributed by atoms with Crippen molar-refractivity contribution in [3.8, 4) is 17.0 Å². The van der Waals surface area contributed by atoms with Crippen molar-refractivity contribution in [1.29, 1.82) is 0 Å². The molecule has 0 bridgehead atoms. The maximum Gasteiger partial charge on any atom is 0.141 e. The maximum absolute atomic E-state index is 10.2. The Balaban J connectivity index is 1.82. The highest BCUT2D eigenvalue weighted by atomic mass is 16.3. The van der Waals surface area contributed by atoms with Crippen LogP contribution >= 0.6 is 0 Å². The van der Waals surface area contributed by atoms with Gasteiger partial charge in [-0.3, -0.25) is 4.90 Å². The molecular formula is C20H26N2O. The minimum absolute atomic E-state index is 0.254. The molecule has 1 aliphatic rings. The summed E-state index contributed by atoms with van der Waals surface area (Å²) in [6.45, 7) is 7.55. The number of aromatic nitrogens is 1. The number of piperidine rings is 1. The van der Waals surface area contributed by atoms with E-state index in [4.69, 9.17) is 4.98 Å². The summed E-state index contributed by atoms with van der Waals surface area (Å²) in [5, 5.41) is 10.2. The summed E-state index contributed by atoms with van der Waals surface area (Å²) in [7, 11) is 0. The van der Waals surface area contributed by atoms with Crippen LogP contribution in [0.25, 0.3) is 11.3 Å². The van der Waals surface area contributed by atoms with Crippen molar-refractivity contribution in [3.63, 3.8) is 0 Å². The van der Waals surface area contributed by atoms with Crippen LogP contribution in [0.1, 0.15) is 50.3 Å². The van der Waals surface area contributed by atoms with Crippen LogP contribution in [0.15, 0.2) is 36.4 Å². The zero-order chi connectivity index (χ0) is 16.2. The van der Waals surface area contributed by atoms with Gasteiger partial charge in [0.15, 0.2) is 0 Å². The van der Waals surface area contributed by atoms with Gasteiger partial charge in [-0.15, -0.1) is 0 Å². The molecule has 2 heterocycles. The van der Waals surface area contributed by atoms with E-state index in [1.807, 2.05) is 6.07 Å². The van der Waals surface area contributed by atoms with Crippen LogP contribution in [0.5, 0.6) is 5.75 Å². The van der Waals surface area contributed by atoms with Crippen molar-refractivity contribution < 1.29 is 5.11 Å². The number of nitrogens with zero attached hydrogens (tertiary/aromatic N) is 2. The Morgan fingerprint density at radius 3 is 2.35 bits per heavy atom. The van der Waals surface area contributed by atoms with Gasteiger partial charge in [-0.2, -0.15) is 0 Å². The average Bonchev–Trinajstić information content (AvgIpc) is 2.58. The summed E-state index contributed by atoms with van der Waals surface area (Å²) in [6.07, 6.45) is 3.90. The van der Waals surface area contributed by atoms with E-state index in [-0.39, 0.29) is 5.75 Å². The van der Waals surface area contributed by atoms with E-state index in [2.05, 4.69) is 43.0 Å². The van der Waals surface area contributed by atoms with Gasteiger partial charge in [0, 0.05) is 12.1 Å². The Labute approximate surface area is 139 Å². The molecule has 122 valence electrons. The highest BCUT2D eigenvalue weighted by molar-refractivity contribution is 5.66. The summed E-state index contributed by atoms with van der Waals surface area (Å²) < 4.78 is 0. The molecule has 1 fully saturated rings. The molecule has 0 saturated carbocycles. The predicted octanol–water partition coefficient (Wildman–Crippen LogP) is 4.56. The van der Waals surface area contributed by atoms with E-state index in [1.54, 1.807) is 6.07 Å². The summed E-state index contributed by atoms with van der Waals surface area (Å²) in [5.41, 5.74) is 4.01. The molecule has 3 heteroatoms. The summed E-state index contributed by atoms with van der Waals surface area (Å²) in [5.74, 6) is 0.765. The molecule has 0 radical (unpaired) electrons. The van der Waals surface area contributed by atoms with E-state index in [0.29, 0.717) is 11.6 Å². The van der Waals surface area contributed by atoms with Crippen molar-refractivity contribution in [2.45, 2.75) is 45.6 Å². The zero-order valence-corrected chi connectivity index (χ0v) is 14.1. The minimum Gasteiger partial charge on any atom is -0.506 e. The molecule has 1 saturated heterocycles. The first-order chi connectivity index (χ1) is 11.1. The maximum atomic E-state index is 10.2. The molecule has 0 spiro atoms. The molecule has 1 N–H and O–H groups in total. The molecule has 1 aliphatic heterocycles. The Morgan fingerprint density at radius 1 is 1.00 bits per heavy atom. The molecule has 23 heavy (non-hydrogen) atoms. The third-order valence-electron chi connectivity index (χ3n) is 4.62. The fraction of sp³-hybridized carbons (Fsp3) is 0.450. The highest BCUT2D eigenvalue weighted by Gasteiger charge is 2.13. The normalized spacial score (nSPS) is 16.0. The number of likely N-dealkylation sites (tertiary alicyclic amines) is 1. The Kier molecular flexibility index (Phi) is 4.97. The lowest BCUT2D eigenvalue weighted by molar-refractivity contribution is 0.218. The van der Waals surface area contributed by atoms with Crippen molar-refractivity contribution >= 4 is 0 Å². The first-order valence-electron chi connectivity index (χ1n) is 8.65. The van der Waals surface area contributed by atoms with Gasteiger partial charge in [-0.25, -0.2) is 4.98 Å². The van der Waals surface area contributed by atoms with Gasteiger partial charge in [0.1, 0.15) is 11.4 Å². The molecule has 0 unspecified atom stereocenters. The first kappa shape index (κ1) is 16.0. The fourth-order valence-corrected chi connectivity index (χ4v) is 3.17. The van der Waals surface area contributed by atoms with E-state index in [9.17, 15) is 5.11 Å². The molecule has 1 aromatic heterocycles. The Bertz CT molecular complexity index is 643. The van der Waals surface area contributed by atoms with E-state index >= 15 is 0 Å². The molecule has 3 rings (SSSR count). The van der Waals surface area contributed by atoms with Crippen molar-refractivity contribution in [2.75, 3.05) is 13.1 Å². The monoisotopic (exact) mass is 310 g/mol. The molecule has 3 nitrogen and oxygen atoms in total. The van der Waals surface area contributed by atoms with Gasteiger partial charge < -0.3 is 5.11 Å². The van der Waals surface area contributed by atoms with Gasteiger partial charge in [0.25, 0.3) is 0 Å². The molecule has 0 aliphatic carbocycles. The van der Waals surface area contributed by atoms with Crippen LogP contribution in [0.3, 0.4) is 0 Å². The predicted molar refractivity (Wildman–Crippen MR) is 94.6 cm³/mol. The largest absolute Gasteiger partial charge is 0.506 e. The standard InChI is InChI=1S/C20H26N2O/c1-15(2)16-6-8-17(9-7-16)20-19(23)11-10-18(21-20)14-22-12-4-3-5-13-22/h6-11,15,23H,3-5,12-14H2,1-2H3. The topological polar surface area (TPSA) is 36.4 Å². The van der Waals surface area contributed by atoms with Gasteiger partial charge in [-0.05, 0) is 49.5 Å². The van der Waals surface area contributed by atoms with E-state index < -0.39 is 0 Å².